The van der Waals surface area contributed by atoms with Crippen LogP contribution in [-0.2, 0) is 14.2 Å². The maximum absolute atomic E-state index is 5.59. The van der Waals surface area contributed by atoms with E-state index < -0.39 is 5.97 Å². The molecule has 4 nitrogen and oxygen atoms in total. The quantitative estimate of drug-likeness (QED) is 0.601. The first-order chi connectivity index (χ1) is 5.80. The van der Waals surface area contributed by atoms with Crippen molar-refractivity contribution in [3.63, 3.8) is 0 Å². The van der Waals surface area contributed by atoms with E-state index in [4.69, 9.17) is 19.9 Å². The number of nitrogens with two attached hydrogens (primary N) is 1. The molecule has 4 bridgehead atoms. The Balaban J connectivity index is 1.90. The van der Waals surface area contributed by atoms with E-state index in [-0.39, 0.29) is 0 Å². The normalized spacial score (nSPS) is 56.2. The number of hydrogen-bond donors (Lipinski definition) is 1. The van der Waals surface area contributed by atoms with Crippen molar-refractivity contribution in [2.45, 2.75) is 43.5 Å². The van der Waals surface area contributed by atoms with Gasteiger partial charge in [0.15, 0.2) is 0 Å². The van der Waals surface area contributed by atoms with Crippen LogP contribution in [0.4, 0.5) is 0 Å². The Morgan fingerprint density at radius 2 is 1.42 bits per heavy atom. The van der Waals surface area contributed by atoms with Crippen molar-refractivity contribution in [3.05, 3.63) is 0 Å². The van der Waals surface area contributed by atoms with E-state index in [1.165, 1.54) is 0 Å². The molecule has 1 aliphatic carbocycles. The standard InChI is InChI=1S/C8H13NO3/c9-4-8-10-5-1-6(11-8)3-7(2-5)12-8/h5-7H,1-4,9H2. The van der Waals surface area contributed by atoms with Gasteiger partial charge >= 0.3 is 0 Å². The largest absolute Gasteiger partial charge is 0.324 e. The number of ether oxygens (including phenoxy) is 3. The van der Waals surface area contributed by atoms with Gasteiger partial charge in [-0.3, -0.25) is 0 Å². The van der Waals surface area contributed by atoms with E-state index in [9.17, 15) is 0 Å². The molecule has 12 heavy (non-hydrogen) atoms. The summed E-state index contributed by atoms with van der Waals surface area (Å²) in [6.07, 6.45) is 4.00. The predicted octanol–water partition coefficient (Wildman–Crippen LogP) is -0.0344. The van der Waals surface area contributed by atoms with Gasteiger partial charge in [-0.15, -0.1) is 0 Å². The Kier molecular flexibility index (Phi) is 1.33. The molecule has 0 radical (unpaired) electrons. The summed E-state index contributed by atoms with van der Waals surface area (Å²) in [6, 6.07) is 0. The zero-order valence-electron chi connectivity index (χ0n) is 6.86. The van der Waals surface area contributed by atoms with E-state index >= 15 is 0 Å². The molecule has 3 saturated heterocycles. The maximum Gasteiger partial charge on any atom is 0.296 e. The highest BCUT2D eigenvalue weighted by Crippen LogP contribution is 2.43. The molecule has 0 amide bonds. The lowest BCUT2D eigenvalue weighted by molar-refractivity contribution is -0.488. The van der Waals surface area contributed by atoms with Crippen LogP contribution < -0.4 is 5.73 Å². The van der Waals surface area contributed by atoms with Gasteiger partial charge < -0.3 is 19.9 Å². The first-order valence-corrected chi connectivity index (χ1v) is 4.53. The molecule has 1 saturated carbocycles. The second kappa shape index (κ2) is 2.20. The molecule has 2 N–H and O–H groups in total. The van der Waals surface area contributed by atoms with Crippen LogP contribution in [0.15, 0.2) is 0 Å². The Morgan fingerprint density at radius 1 is 1.00 bits per heavy atom. The van der Waals surface area contributed by atoms with E-state index in [0.29, 0.717) is 24.9 Å². The summed E-state index contributed by atoms with van der Waals surface area (Å²) in [4.78, 5) is 0. The van der Waals surface area contributed by atoms with Crippen LogP contribution >= 0.6 is 0 Å². The van der Waals surface area contributed by atoms with Crippen molar-refractivity contribution in [1.29, 1.82) is 0 Å². The topological polar surface area (TPSA) is 53.7 Å². The van der Waals surface area contributed by atoms with Gasteiger partial charge in [0.2, 0.25) is 0 Å². The van der Waals surface area contributed by atoms with Crippen LogP contribution in [0, 0.1) is 0 Å². The Labute approximate surface area is 71.0 Å². The molecular weight excluding hydrogens is 158 g/mol. The van der Waals surface area contributed by atoms with Crippen LogP contribution in [-0.4, -0.2) is 30.8 Å². The fourth-order valence-electron chi connectivity index (χ4n) is 2.45. The molecule has 0 atom stereocenters. The van der Waals surface area contributed by atoms with Crippen molar-refractivity contribution in [1.82, 2.24) is 0 Å². The summed E-state index contributed by atoms with van der Waals surface area (Å²) in [6.45, 7) is 0.302. The maximum atomic E-state index is 5.59. The molecule has 4 heteroatoms. The highest BCUT2D eigenvalue weighted by Gasteiger charge is 2.53. The first kappa shape index (κ1) is 7.26. The number of hydrogen-bond acceptors (Lipinski definition) is 4. The molecule has 0 aromatic heterocycles. The summed E-state index contributed by atoms with van der Waals surface area (Å²) in [5.41, 5.74) is 5.55. The molecule has 0 aromatic carbocycles. The Bertz CT molecular complexity index is 171. The Hall–Kier alpha value is -0.160. The molecule has 0 spiro atoms. The fraction of sp³-hybridized carbons (Fsp3) is 1.00. The predicted molar refractivity (Wildman–Crippen MR) is 40.3 cm³/mol. The minimum absolute atomic E-state index is 0.302. The van der Waals surface area contributed by atoms with Gasteiger partial charge in [-0.25, -0.2) is 0 Å². The van der Waals surface area contributed by atoms with Crippen LogP contribution in [0.25, 0.3) is 0 Å². The lowest BCUT2D eigenvalue weighted by atomic mass is 9.89. The molecule has 4 fully saturated rings. The van der Waals surface area contributed by atoms with Gasteiger partial charge in [-0.1, -0.05) is 0 Å². The summed E-state index contributed by atoms with van der Waals surface area (Å²) in [5.74, 6) is -0.880. The second-order valence-electron chi connectivity index (χ2n) is 3.81. The van der Waals surface area contributed by atoms with Crippen LogP contribution in [0.5, 0.6) is 0 Å². The van der Waals surface area contributed by atoms with Gasteiger partial charge in [0.05, 0.1) is 24.9 Å². The monoisotopic (exact) mass is 171 g/mol. The molecule has 3 aliphatic heterocycles. The third-order valence-corrected chi connectivity index (χ3v) is 2.87. The van der Waals surface area contributed by atoms with Gasteiger partial charge in [0, 0.05) is 19.3 Å². The Morgan fingerprint density at radius 3 is 1.75 bits per heavy atom. The van der Waals surface area contributed by atoms with Crippen LogP contribution in [0.1, 0.15) is 19.3 Å². The van der Waals surface area contributed by atoms with Crippen molar-refractivity contribution in [2.24, 2.45) is 5.73 Å². The third-order valence-electron chi connectivity index (χ3n) is 2.87. The van der Waals surface area contributed by atoms with Gasteiger partial charge in [-0.05, 0) is 0 Å². The van der Waals surface area contributed by atoms with Crippen molar-refractivity contribution < 1.29 is 14.2 Å². The van der Waals surface area contributed by atoms with Gasteiger partial charge in [0.1, 0.15) is 0 Å². The second-order valence-corrected chi connectivity index (χ2v) is 3.81. The minimum atomic E-state index is -0.880. The summed E-state index contributed by atoms with van der Waals surface area (Å²) < 4.78 is 16.8. The summed E-state index contributed by atoms with van der Waals surface area (Å²) in [5, 5.41) is 0. The van der Waals surface area contributed by atoms with Crippen molar-refractivity contribution >= 4 is 0 Å². The van der Waals surface area contributed by atoms with E-state index in [1.54, 1.807) is 0 Å². The van der Waals surface area contributed by atoms with E-state index in [1.807, 2.05) is 0 Å². The zero-order valence-corrected chi connectivity index (χ0v) is 6.86. The molecule has 4 rings (SSSR count). The van der Waals surface area contributed by atoms with Crippen LogP contribution in [0.2, 0.25) is 0 Å². The SMILES string of the molecule is NCC12OC3CC(CC(C3)O1)O2. The first-order valence-electron chi connectivity index (χ1n) is 4.53. The zero-order chi connectivity index (χ0) is 8.18. The highest BCUT2D eigenvalue weighted by atomic mass is 16.9. The average molecular weight is 171 g/mol. The summed E-state index contributed by atoms with van der Waals surface area (Å²) >= 11 is 0. The van der Waals surface area contributed by atoms with Gasteiger partial charge in [0.25, 0.3) is 5.97 Å². The highest BCUT2D eigenvalue weighted by molar-refractivity contribution is 4.91. The van der Waals surface area contributed by atoms with E-state index in [2.05, 4.69) is 0 Å². The fourth-order valence-corrected chi connectivity index (χ4v) is 2.45. The lowest BCUT2D eigenvalue weighted by Crippen LogP contribution is -2.64. The van der Waals surface area contributed by atoms with E-state index in [0.717, 1.165) is 19.3 Å². The average Bonchev–Trinajstić information content (AvgIpc) is 2.02. The molecule has 68 valence electrons. The summed E-state index contributed by atoms with van der Waals surface area (Å²) in [7, 11) is 0. The van der Waals surface area contributed by atoms with Crippen LogP contribution in [0.3, 0.4) is 0 Å². The molecular formula is C8H13NO3. The minimum Gasteiger partial charge on any atom is -0.324 e. The molecule has 0 unspecified atom stereocenters. The molecule has 3 heterocycles. The third kappa shape index (κ3) is 0.864. The van der Waals surface area contributed by atoms with Gasteiger partial charge in [-0.2, -0.15) is 0 Å². The molecule has 4 aliphatic rings. The van der Waals surface area contributed by atoms with Crippen molar-refractivity contribution in [3.8, 4) is 0 Å². The molecule has 0 aromatic rings. The van der Waals surface area contributed by atoms with Crippen molar-refractivity contribution in [2.75, 3.05) is 6.54 Å². The lowest BCUT2D eigenvalue weighted by Gasteiger charge is -2.54. The smallest absolute Gasteiger partial charge is 0.296 e. The number of rotatable bonds is 1.